The molecule has 0 aliphatic carbocycles. The Morgan fingerprint density at radius 3 is 1.49 bits per heavy atom. The number of hydrogen-bond donors (Lipinski definition) is 0. The van der Waals surface area contributed by atoms with Gasteiger partial charge in [0.15, 0.2) is 23.1 Å². The Bertz CT molecular complexity index is 3420. The van der Waals surface area contributed by atoms with E-state index < -0.39 is 0 Å². The van der Waals surface area contributed by atoms with Gasteiger partial charge in [-0.15, -0.1) is 11.3 Å². The topological polar surface area (TPSA) is 56.7 Å². The van der Waals surface area contributed by atoms with Gasteiger partial charge in [-0.3, -0.25) is 0 Å². The molecule has 0 saturated heterocycles. The van der Waals surface area contributed by atoms with E-state index in [0.717, 1.165) is 66.5 Å². The molecule has 0 atom stereocenters. The van der Waals surface area contributed by atoms with Crippen LogP contribution in [-0.4, -0.2) is 19.5 Å². The van der Waals surface area contributed by atoms with E-state index in [4.69, 9.17) is 19.4 Å². The van der Waals surface area contributed by atoms with Crippen LogP contribution in [0, 0.1) is 0 Å². The Balaban J connectivity index is 0.981. The molecule has 0 aliphatic rings. The molecule has 0 spiro atoms. The van der Waals surface area contributed by atoms with Gasteiger partial charge in [-0.05, 0) is 71.8 Å². The lowest BCUT2D eigenvalue weighted by atomic mass is 10.00. The van der Waals surface area contributed by atoms with Crippen LogP contribution in [0.2, 0.25) is 0 Å². The quantitative estimate of drug-likeness (QED) is 0.176. The lowest BCUT2D eigenvalue weighted by molar-refractivity contribution is 0.666. The van der Waals surface area contributed by atoms with Crippen molar-refractivity contribution in [1.82, 2.24) is 19.5 Å². The molecule has 266 valence electrons. The Labute approximate surface area is 330 Å². The second-order valence-corrected chi connectivity index (χ2v) is 15.5. The van der Waals surface area contributed by atoms with Crippen LogP contribution in [0.15, 0.2) is 186 Å². The van der Waals surface area contributed by atoms with E-state index in [9.17, 15) is 0 Å². The summed E-state index contributed by atoms with van der Waals surface area (Å²) in [5.41, 5.74) is 10.3. The van der Waals surface area contributed by atoms with E-state index in [1.807, 2.05) is 60.7 Å². The first-order valence-electron chi connectivity index (χ1n) is 19.0. The zero-order valence-electron chi connectivity index (χ0n) is 30.4. The molecule has 12 aromatic rings. The van der Waals surface area contributed by atoms with Crippen LogP contribution in [0.5, 0.6) is 0 Å². The standard InChI is InChI=1S/C51H30N4OS/c1-3-12-31(13-4-1)49-52-50(32-14-5-2-6-15-32)54-51(53-49)35-24-27-47-41(30-35)40-29-34(23-26-46(40)57-47)33-22-25-45-39(28-33)38-18-11-21-44(48(38)56-45)55-42-19-9-7-16-36(42)37-17-8-10-20-43(37)55/h1-30H. The molecule has 0 aliphatic heterocycles. The predicted molar refractivity (Wildman–Crippen MR) is 236 cm³/mol. The van der Waals surface area contributed by atoms with Crippen molar-refractivity contribution in [2.45, 2.75) is 0 Å². The number of rotatable bonds is 5. The van der Waals surface area contributed by atoms with E-state index in [2.05, 4.69) is 126 Å². The molecule has 0 radical (unpaired) electrons. The lowest BCUT2D eigenvalue weighted by Gasteiger charge is -2.08. The van der Waals surface area contributed by atoms with Gasteiger partial charge in [0, 0.05) is 58.4 Å². The number of nitrogens with zero attached hydrogens (tertiary/aromatic N) is 4. The molecule has 0 N–H and O–H groups in total. The maximum atomic E-state index is 6.70. The molecular weight excluding hydrogens is 717 g/mol. The second kappa shape index (κ2) is 12.6. The smallest absolute Gasteiger partial charge is 0.164 e. The molecule has 12 rings (SSSR count). The van der Waals surface area contributed by atoms with Crippen molar-refractivity contribution in [1.29, 1.82) is 0 Å². The van der Waals surface area contributed by atoms with Crippen LogP contribution >= 0.6 is 11.3 Å². The zero-order chi connectivity index (χ0) is 37.5. The van der Waals surface area contributed by atoms with Crippen LogP contribution in [0.3, 0.4) is 0 Å². The Morgan fingerprint density at radius 1 is 0.368 bits per heavy atom. The molecule has 0 saturated carbocycles. The minimum absolute atomic E-state index is 0.651. The monoisotopic (exact) mass is 746 g/mol. The number of thiophene rings is 1. The van der Waals surface area contributed by atoms with Gasteiger partial charge >= 0.3 is 0 Å². The second-order valence-electron chi connectivity index (χ2n) is 14.4. The molecular formula is C51H30N4OS. The fraction of sp³-hybridized carbons (Fsp3) is 0. The van der Waals surface area contributed by atoms with Crippen molar-refractivity contribution >= 4 is 75.3 Å². The average molecular weight is 747 g/mol. The maximum absolute atomic E-state index is 6.70. The highest BCUT2D eigenvalue weighted by Crippen LogP contribution is 2.41. The number of fused-ring (bicyclic) bond motifs is 9. The van der Waals surface area contributed by atoms with E-state index in [0.29, 0.717) is 17.5 Å². The third-order valence-electron chi connectivity index (χ3n) is 11.1. The first-order chi connectivity index (χ1) is 28.2. The van der Waals surface area contributed by atoms with Gasteiger partial charge in [0.2, 0.25) is 0 Å². The van der Waals surface area contributed by atoms with Crippen molar-refractivity contribution in [2.75, 3.05) is 0 Å². The summed E-state index contributed by atoms with van der Waals surface area (Å²) < 4.78 is 11.5. The van der Waals surface area contributed by atoms with E-state index in [1.165, 1.54) is 30.9 Å². The number of furan rings is 1. The summed E-state index contributed by atoms with van der Waals surface area (Å²) in [4.78, 5) is 14.9. The number of hydrogen-bond acceptors (Lipinski definition) is 5. The van der Waals surface area contributed by atoms with Gasteiger partial charge in [-0.25, -0.2) is 15.0 Å². The van der Waals surface area contributed by atoms with Gasteiger partial charge in [0.25, 0.3) is 0 Å². The van der Waals surface area contributed by atoms with Crippen molar-refractivity contribution in [3.05, 3.63) is 182 Å². The van der Waals surface area contributed by atoms with Crippen LogP contribution < -0.4 is 0 Å². The van der Waals surface area contributed by atoms with Crippen LogP contribution in [0.25, 0.3) is 115 Å². The fourth-order valence-corrected chi connectivity index (χ4v) is 9.42. The summed E-state index contributed by atoms with van der Waals surface area (Å²) in [6, 6.07) is 63.8. The summed E-state index contributed by atoms with van der Waals surface area (Å²) >= 11 is 1.81. The largest absolute Gasteiger partial charge is 0.454 e. The van der Waals surface area contributed by atoms with Crippen LogP contribution in [0.4, 0.5) is 0 Å². The lowest BCUT2D eigenvalue weighted by Crippen LogP contribution is -2.00. The molecule has 0 fully saturated rings. The average Bonchev–Trinajstić information content (AvgIpc) is 3.96. The number of aromatic nitrogens is 4. The van der Waals surface area contributed by atoms with Gasteiger partial charge in [0.1, 0.15) is 5.58 Å². The summed E-state index contributed by atoms with van der Waals surface area (Å²) in [5, 5.41) is 7.05. The van der Waals surface area contributed by atoms with E-state index in [1.54, 1.807) is 11.3 Å². The van der Waals surface area contributed by atoms with Gasteiger partial charge in [-0.1, -0.05) is 121 Å². The highest BCUT2D eigenvalue weighted by atomic mass is 32.1. The maximum Gasteiger partial charge on any atom is 0.164 e. The Hall–Kier alpha value is -7.41. The van der Waals surface area contributed by atoms with Crippen molar-refractivity contribution < 1.29 is 4.42 Å². The molecule has 6 heteroatoms. The predicted octanol–water partition coefficient (Wildman–Crippen LogP) is 13.9. The first-order valence-corrected chi connectivity index (χ1v) is 19.8. The van der Waals surface area contributed by atoms with Gasteiger partial charge in [-0.2, -0.15) is 0 Å². The summed E-state index contributed by atoms with van der Waals surface area (Å²) in [6.45, 7) is 0. The zero-order valence-corrected chi connectivity index (χ0v) is 31.2. The molecule has 4 aromatic heterocycles. The summed E-state index contributed by atoms with van der Waals surface area (Å²) in [6.07, 6.45) is 0. The summed E-state index contributed by atoms with van der Waals surface area (Å²) in [7, 11) is 0. The Kier molecular flexibility index (Phi) is 7.03. The van der Waals surface area contributed by atoms with E-state index >= 15 is 0 Å². The molecule has 0 amide bonds. The SMILES string of the molecule is c1ccc(-c2nc(-c3ccccc3)nc(-c3ccc4sc5ccc(-c6ccc7oc8c(-n9c%10ccccc%10c%10ccccc%109)cccc8c7c6)cc5c4c3)n2)cc1. The van der Waals surface area contributed by atoms with Crippen LogP contribution in [-0.2, 0) is 0 Å². The van der Waals surface area contributed by atoms with Gasteiger partial charge < -0.3 is 8.98 Å². The number of benzene rings is 8. The third-order valence-corrected chi connectivity index (χ3v) is 12.2. The minimum atomic E-state index is 0.651. The highest BCUT2D eigenvalue weighted by Gasteiger charge is 2.19. The molecule has 0 unspecified atom stereocenters. The Morgan fingerprint density at radius 2 is 0.860 bits per heavy atom. The van der Waals surface area contributed by atoms with Crippen LogP contribution in [0.1, 0.15) is 0 Å². The molecule has 0 bridgehead atoms. The van der Waals surface area contributed by atoms with Crippen molar-refractivity contribution in [3.8, 4) is 51.0 Å². The normalized spacial score (nSPS) is 11.9. The van der Waals surface area contributed by atoms with Gasteiger partial charge in [0.05, 0.1) is 16.7 Å². The molecule has 5 nitrogen and oxygen atoms in total. The van der Waals surface area contributed by atoms with Crippen molar-refractivity contribution in [3.63, 3.8) is 0 Å². The summed E-state index contributed by atoms with van der Waals surface area (Å²) in [5.74, 6) is 1.96. The van der Waals surface area contributed by atoms with Crippen molar-refractivity contribution in [2.24, 2.45) is 0 Å². The first kappa shape index (κ1) is 31.9. The highest BCUT2D eigenvalue weighted by molar-refractivity contribution is 7.25. The molecule has 57 heavy (non-hydrogen) atoms. The molecule has 8 aromatic carbocycles. The molecule has 4 heterocycles. The minimum Gasteiger partial charge on any atom is -0.454 e. The van der Waals surface area contributed by atoms with E-state index in [-0.39, 0.29) is 0 Å². The fourth-order valence-electron chi connectivity index (χ4n) is 8.36. The number of para-hydroxylation sites is 3. The third kappa shape index (κ3) is 5.12.